The molecule has 4 aromatic rings. The summed E-state index contributed by atoms with van der Waals surface area (Å²) in [7, 11) is 0. The van der Waals surface area contributed by atoms with Crippen LogP contribution in [0.5, 0.6) is 5.75 Å². The molecule has 0 atom stereocenters. The lowest BCUT2D eigenvalue weighted by atomic mass is 10.2. The third kappa shape index (κ3) is 3.38. The number of hydrogen-bond donors (Lipinski definition) is 1. The monoisotopic (exact) mass is 508 g/mol. The normalized spacial score (nSPS) is 12.1. The second-order valence-corrected chi connectivity index (χ2v) is 8.35. The van der Waals surface area contributed by atoms with Gasteiger partial charge >= 0.3 is 5.97 Å². The number of ether oxygens (including phenoxy) is 1. The lowest BCUT2D eigenvalue weighted by molar-refractivity contribution is -0.139. The topological polar surface area (TPSA) is 80.9 Å². The van der Waals surface area contributed by atoms with Crippen molar-refractivity contribution in [2.24, 2.45) is 0 Å². The zero-order chi connectivity index (χ0) is 19.1. The number of imidazole rings is 1. The Bertz CT molecular complexity index is 1290. The summed E-state index contributed by atoms with van der Waals surface area (Å²) in [6.45, 7) is -0.444. The van der Waals surface area contributed by atoms with Gasteiger partial charge in [-0.1, -0.05) is 23.5 Å². The molecule has 4 rings (SSSR count). The van der Waals surface area contributed by atoms with Crippen LogP contribution in [0.2, 0.25) is 0 Å². The van der Waals surface area contributed by atoms with E-state index >= 15 is 0 Å². The molecule has 0 aliphatic rings. The summed E-state index contributed by atoms with van der Waals surface area (Å²) in [6, 6.07) is 11.0. The molecule has 0 aliphatic carbocycles. The number of halogens is 2. The van der Waals surface area contributed by atoms with Crippen molar-refractivity contribution in [2.75, 3.05) is 6.61 Å². The second kappa shape index (κ2) is 7.06. The molecular formula is C18H10Br2N2O4S. The van der Waals surface area contributed by atoms with Gasteiger partial charge in [0.05, 0.1) is 24.5 Å². The Morgan fingerprint density at radius 2 is 1.96 bits per heavy atom. The van der Waals surface area contributed by atoms with Crippen molar-refractivity contribution in [3.05, 3.63) is 65.8 Å². The van der Waals surface area contributed by atoms with Crippen molar-refractivity contribution in [3.63, 3.8) is 0 Å². The van der Waals surface area contributed by atoms with E-state index in [-0.39, 0.29) is 5.56 Å². The number of fused-ring (bicyclic) bond motifs is 3. The number of carboxylic acid groups (broad SMARTS) is 1. The average molecular weight is 510 g/mol. The van der Waals surface area contributed by atoms with E-state index in [0.717, 1.165) is 16.6 Å². The van der Waals surface area contributed by atoms with E-state index in [1.807, 2.05) is 24.3 Å². The fourth-order valence-electron chi connectivity index (χ4n) is 2.70. The van der Waals surface area contributed by atoms with E-state index in [0.29, 0.717) is 24.2 Å². The third-order valence-electron chi connectivity index (χ3n) is 3.80. The van der Waals surface area contributed by atoms with Gasteiger partial charge in [-0.15, -0.1) is 0 Å². The number of carbonyl (C=O) groups is 1. The van der Waals surface area contributed by atoms with Gasteiger partial charge in [0.25, 0.3) is 5.56 Å². The van der Waals surface area contributed by atoms with Crippen LogP contribution >= 0.6 is 43.2 Å². The highest BCUT2D eigenvalue weighted by Crippen LogP contribution is 2.35. The molecule has 9 heteroatoms. The minimum absolute atomic E-state index is 0.123. The number of benzene rings is 2. The van der Waals surface area contributed by atoms with E-state index in [1.165, 1.54) is 11.3 Å². The number of aliphatic carboxylic acids is 1. The van der Waals surface area contributed by atoms with E-state index in [9.17, 15) is 9.59 Å². The molecule has 0 amide bonds. The van der Waals surface area contributed by atoms with E-state index in [1.54, 1.807) is 22.6 Å². The molecule has 136 valence electrons. The maximum atomic E-state index is 12.8. The SMILES string of the molecule is O=C(O)COc1c(Br)cc(/C=c2\sc3nc4ccccc4n3c2=O)cc1Br. The number of para-hydroxylation sites is 2. The molecule has 6 nitrogen and oxygen atoms in total. The highest BCUT2D eigenvalue weighted by atomic mass is 79.9. The minimum Gasteiger partial charge on any atom is -0.480 e. The molecule has 27 heavy (non-hydrogen) atoms. The molecule has 0 aliphatic heterocycles. The lowest BCUT2D eigenvalue weighted by Gasteiger charge is -2.09. The number of hydrogen-bond acceptors (Lipinski definition) is 5. The van der Waals surface area contributed by atoms with Gasteiger partial charge in [-0.05, 0) is 67.8 Å². The highest BCUT2D eigenvalue weighted by molar-refractivity contribution is 9.11. The van der Waals surface area contributed by atoms with Crippen LogP contribution in [0.3, 0.4) is 0 Å². The molecule has 0 bridgehead atoms. The second-order valence-electron chi connectivity index (χ2n) is 5.63. The predicted octanol–water partition coefficient (Wildman–Crippen LogP) is 3.45. The first-order chi connectivity index (χ1) is 12.9. The molecular weight excluding hydrogens is 500 g/mol. The summed E-state index contributed by atoms with van der Waals surface area (Å²) in [5.74, 6) is -0.668. The Hall–Kier alpha value is -2.23. The van der Waals surface area contributed by atoms with E-state index in [2.05, 4.69) is 36.8 Å². The third-order valence-corrected chi connectivity index (χ3v) is 5.95. The van der Waals surface area contributed by atoms with Crippen molar-refractivity contribution in [3.8, 4) is 5.75 Å². The van der Waals surface area contributed by atoms with Crippen LogP contribution in [0.25, 0.3) is 22.1 Å². The minimum atomic E-state index is -1.06. The summed E-state index contributed by atoms with van der Waals surface area (Å²) in [5.41, 5.74) is 2.22. The zero-order valence-electron chi connectivity index (χ0n) is 13.5. The molecule has 0 spiro atoms. The number of rotatable bonds is 4. The van der Waals surface area contributed by atoms with E-state index in [4.69, 9.17) is 9.84 Å². The van der Waals surface area contributed by atoms with Crippen molar-refractivity contribution in [2.45, 2.75) is 0 Å². The maximum Gasteiger partial charge on any atom is 0.341 e. The van der Waals surface area contributed by atoms with Crippen molar-refractivity contribution < 1.29 is 14.6 Å². The first-order valence-electron chi connectivity index (χ1n) is 7.69. The Balaban J connectivity index is 1.81. The summed E-state index contributed by atoms with van der Waals surface area (Å²) in [5, 5.41) is 8.76. The van der Waals surface area contributed by atoms with Crippen molar-refractivity contribution >= 4 is 71.2 Å². The molecule has 2 aromatic heterocycles. The fraction of sp³-hybridized carbons (Fsp3) is 0.0556. The van der Waals surface area contributed by atoms with Crippen LogP contribution in [0.4, 0.5) is 0 Å². The Morgan fingerprint density at radius 1 is 1.26 bits per heavy atom. The average Bonchev–Trinajstić information content (AvgIpc) is 3.11. The van der Waals surface area contributed by atoms with Crippen LogP contribution in [0, 0.1) is 0 Å². The zero-order valence-corrected chi connectivity index (χ0v) is 17.5. The molecule has 0 fully saturated rings. The standard InChI is InChI=1S/C18H10Br2N2O4S/c19-10-5-9(6-11(20)16(10)26-8-15(23)24)7-14-17(25)22-13-4-2-1-3-12(13)21-18(22)27-14/h1-7H,8H2,(H,23,24)/b14-7-. The lowest BCUT2D eigenvalue weighted by Crippen LogP contribution is -2.22. The number of carboxylic acids is 1. The summed E-state index contributed by atoms with van der Waals surface area (Å²) < 4.78 is 8.60. The summed E-state index contributed by atoms with van der Waals surface area (Å²) in [4.78, 5) is 28.6. The van der Waals surface area contributed by atoms with E-state index < -0.39 is 12.6 Å². The Labute approximate surface area is 173 Å². The molecule has 0 saturated carbocycles. The van der Waals surface area contributed by atoms with Gasteiger partial charge in [-0.3, -0.25) is 4.79 Å². The van der Waals surface area contributed by atoms with Crippen molar-refractivity contribution in [1.82, 2.24) is 9.38 Å². The van der Waals surface area contributed by atoms with Gasteiger partial charge in [-0.2, -0.15) is 0 Å². The van der Waals surface area contributed by atoms with Gasteiger partial charge in [0.1, 0.15) is 5.75 Å². The highest BCUT2D eigenvalue weighted by Gasteiger charge is 2.13. The van der Waals surface area contributed by atoms with Gasteiger partial charge in [0.15, 0.2) is 11.6 Å². The molecule has 0 unspecified atom stereocenters. The first-order valence-corrected chi connectivity index (χ1v) is 10.1. The van der Waals surface area contributed by atoms with Crippen LogP contribution < -0.4 is 14.8 Å². The van der Waals surface area contributed by atoms with Gasteiger partial charge in [-0.25, -0.2) is 14.2 Å². The van der Waals surface area contributed by atoms with Crippen LogP contribution in [-0.2, 0) is 4.79 Å². The largest absolute Gasteiger partial charge is 0.480 e. The van der Waals surface area contributed by atoms with Crippen LogP contribution in [-0.4, -0.2) is 27.1 Å². The molecule has 0 saturated heterocycles. The number of nitrogens with zero attached hydrogens (tertiary/aromatic N) is 2. The Kier molecular flexibility index (Phi) is 4.75. The Morgan fingerprint density at radius 3 is 2.67 bits per heavy atom. The van der Waals surface area contributed by atoms with Crippen LogP contribution in [0.1, 0.15) is 5.56 Å². The smallest absolute Gasteiger partial charge is 0.341 e. The number of aromatic nitrogens is 2. The fourth-order valence-corrected chi connectivity index (χ4v) is 5.14. The maximum absolute atomic E-state index is 12.8. The van der Waals surface area contributed by atoms with Gasteiger partial charge in [0.2, 0.25) is 0 Å². The first kappa shape index (κ1) is 18.1. The predicted molar refractivity (Wildman–Crippen MR) is 111 cm³/mol. The summed E-state index contributed by atoms with van der Waals surface area (Å²) >= 11 is 8.08. The summed E-state index contributed by atoms with van der Waals surface area (Å²) in [6.07, 6.45) is 1.77. The molecule has 2 heterocycles. The van der Waals surface area contributed by atoms with Crippen LogP contribution in [0.15, 0.2) is 50.1 Å². The van der Waals surface area contributed by atoms with Gasteiger partial charge < -0.3 is 9.84 Å². The molecule has 2 aromatic carbocycles. The quantitative estimate of drug-likeness (QED) is 0.455. The number of thiazole rings is 1. The molecule has 1 N–H and O–H groups in total. The molecule has 0 radical (unpaired) electrons. The van der Waals surface area contributed by atoms with Gasteiger partial charge in [0, 0.05) is 0 Å². The van der Waals surface area contributed by atoms with Crippen molar-refractivity contribution in [1.29, 1.82) is 0 Å².